The highest BCUT2D eigenvalue weighted by atomic mass is 16.3. The van der Waals surface area contributed by atoms with E-state index in [4.69, 9.17) is 4.99 Å². The molecule has 0 fully saturated rings. The zero-order valence-corrected chi connectivity index (χ0v) is 14.8. The molecule has 2 aromatic rings. The Morgan fingerprint density at radius 3 is 2.38 bits per heavy atom. The summed E-state index contributed by atoms with van der Waals surface area (Å²) in [5.41, 5.74) is 4.50. The van der Waals surface area contributed by atoms with Crippen LogP contribution in [0.25, 0.3) is 0 Å². The second-order valence-corrected chi connectivity index (χ2v) is 5.94. The van der Waals surface area contributed by atoms with Crippen molar-refractivity contribution in [3.05, 3.63) is 70.8 Å². The summed E-state index contributed by atoms with van der Waals surface area (Å²) >= 11 is 0. The summed E-state index contributed by atoms with van der Waals surface area (Å²) in [5, 5.41) is 12.8. The molecule has 0 aliphatic heterocycles. The number of aliphatic hydroxyl groups excluding tert-OH is 1. The van der Waals surface area contributed by atoms with E-state index in [-0.39, 0.29) is 6.61 Å². The second kappa shape index (κ2) is 9.08. The van der Waals surface area contributed by atoms with E-state index in [9.17, 15) is 5.11 Å². The Morgan fingerprint density at radius 1 is 1.08 bits per heavy atom. The van der Waals surface area contributed by atoms with Crippen LogP contribution < -0.4 is 5.32 Å². The molecule has 0 saturated heterocycles. The Morgan fingerprint density at radius 2 is 1.75 bits per heavy atom. The quantitative estimate of drug-likeness (QED) is 0.634. The van der Waals surface area contributed by atoms with Crippen LogP contribution in [0, 0.1) is 6.92 Å². The van der Waals surface area contributed by atoms with Crippen LogP contribution in [0.4, 0.5) is 0 Å². The van der Waals surface area contributed by atoms with E-state index >= 15 is 0 Å². The van der Waals surface area contributed by atoms with Gasteiger partial charge in [-0.25, -0.2) is 4.99 Å². The Bertz CT molecular complexity index is 665. The largest absolute Gasteiger partial charge is 0.392 e. The number of nitrogens with one attached hydrogen (secondary N) is 1. The van der Waals surface area contributed by atoms with Gasteiger partial charge in [0.15, 0.2) is 5.96 Å². The minimum Gasteiger partial charge on any atom is -0.392 e. The Labute approximate surface area is 144 Å². The fourth-order valence-corrected chi connectivity index (χ4v) is 2.54. The van der Waals surface area contributed by atoms with E-state index < -0.39 is 0 Å². The molecule has 0 bridgehead atoms. The van der Waals surface area contributed by atoms with Crippen molar-refractivity contribution in [2.75, 3.05) is 13.6 Å². The molecule has 0 aliphatic carbocycles. The number of aryl methyl sites for hydroxylation is 1. The third kappa shape index (κ3) is 5.10. The molecule has 0 saturated carbocycles. The van der Waals surface area contributed by atoms with E-state index in [1.807, 2.05) is 31.3 Å². The zero-order valence-electron chi connectivity index (χ0n) is 14.8. The summed E-state index contributed by atoms with van der Waals surface area (Å²) in [7, 11) is 2.04. The second-order valence-electron chi connectivity index (χ2n) is 5.94. The average molecular weight is 325 g/mol. The molecule has 0 amide bonds. The van der Waals surface area contributed by atoms with Gasteiger partial charge in [0.1, 0.15) is 0 Å². The van der Waals surface area contributed by atoms with Crippen molar-refractivity contribution in [1.82, 2.24) is 10.2 Å². The van der Waals surface area contributed by atoms with E-state index in [1.54, 1.807) is 0 Å². The lowest BCUT2D eigenvalue weighted by Gasteiger charge is -2.22. The van der Waals surface area contributed by atoms with Crippen LogP contribution in [0.2, 0.25) is 0 Å². The maximum Gasteiger partial charge on any atom is 0.194 e. The SMILES string of the molecule is CCNC(=NCc1ccccc1CO)N(C)Cc1ccc(C)cc1. The van der Waals surface area contributed by atoms with E-state index in [1.165, 1.54) is 11.1 Å². The number of rotatable bonds is 6. The van der Waals surface area contributed by atoms with Gasteiger partial charge in [-0.1, -0.05) is 54.1 Å². The summed E-state index contributed by atoms with van der Waals surface area (Å²) in [6.07, 6.45) is 0. The molecular weight excluding hydrogens is 298 g/mol. The van der Waals surface area contributed by atoms with Crippen LogP contribution in [-0.4, -0.2) is 29.6 Å². The van der Waals surface area contributed by atoms with Crippen molar-refractivity contribution in [1.29, 1.82) is 0 Å². The van der Waals surface area contributed by atoms with Crippen LogP contribution in [0.1, 0.15) is 29.2 Å². The third-order valence-electron chi connectivity index (χ3n) is 3.92. The predicted octanol–water partition coefficient (Wildman–Crippen LogP) is 3.08. The van der Waals surface area contributed by atoms with Gasteiger partial charge in [-0.3, -0.25) is 0 Å². The molecule has 0 unspecified atom stereocenters. The van der Waals surface area contributed by atoms with Gasteiger partial charge in [0.2, 0.25) is 0 Å². The first kappa shape index (κ1) is 18.0. The lowest BCUT2D eigenvalue weighted by molar-refractivity contribution is 0.280. The highest BCUT2D eigenvalue weighted by molar-refractivity contribution is 5.79. The minimum atomic E-state index is 0.0431. The van der Waals surface area contributed by atoms with E-state index in [2.05, 4.69) is 48.3 Å². The maximum absolute atomic E-state index is 9.44. The summed E-state index contributed by atoms with van der Waals surface area (Å²) in [6.45, 7) is 6.37. The van der Waals surface area contributed by atoms with Crippen molar-refractivity contribution in [2.45, 2.75) is 33.5 Å². The van der Waals surface area contributed by atoms with Gasteiger partial charge >= 0.3 is 0 Å². The Balaban J connectivity index is 2.10. The van der Waals surface area contributed by atoms with Gasteiger partial charge in [0.25, 0.3) is 0 Å². The molecule has 0 aromatic heterocycles. The molecule has 128 valence electrons. The average Bonchev–Trinajstić information content (AvgIpc) is 2.60. The van der Waals surface area contributed by atoms with Crippen LogP contribution >= 0.6 is 0 Å². The summed E-state index contributed by atoms with van der Waals surface area (Å²) in [5.74, 6) is 0.866. The molecule has 4 nitrogen and oxygen atoms in total. The molecule has 2 N–H and O–H groups in total. The smallest absolute Gasteiger partial charge is 0.194 e. The van der Waals surface area contributed by atoms with Crippen molar-refractivity contribution >= 4 is 5.96 Å². The predicted molar refractivity (Wildman–Crippen MR) is 99.8 cm³/mol. The van der Waals surface area contributed by atoms with Gasteiger partial charge in [0, 0.05) is 20.1 Å². The van der Waals surface area contributed by atoms with Crippen molar-refractivity contribution in [3.63, 3.8) is 0 Å². The normalized spacial score (nSPS) is 11.4. The Kier molecular flexibility index (Phi) is 6.82. The first-order valence-corrected chi connectivity index (χ1v) is 8.36. The lowest BCUT2D eigenvalue weighted by Crippen LogP contribution is -2.38. The molecule has 2 rings (SSSR count). The lowest BCUT2D eigenvalue weighted by atomic mass is 10.1. The monoisotopic (exact) mass is 325 g/mol. The van der Waals surface area contributed by atoms with Gasteiger partial charge in [-0.05, 0) is 30.5 Å². The highest BCUT2D eigenvalue weighted by Gasteiger charge is 2.07. The molecule has 0 radical (unpaired) electrons. The molecule has 0 atom stereocenters. The molecule has 0 spiro atoms. The first-order chi connectivity index (χ1) is 11.6. The molecule has 2 aromatic carbocycles. The van der Waals surface area contributed by atoms with E-state index in [0.717, 1.165) is 30.2 Å². The van der Waals surface area contributed by atoms with Crippen molar-refractivity contribution < 1.29 is 5.11 Å². The number of aliphatic hydroxyl groups is 1. The maximum atomic E-state index is 9.44. The Hall–Kier alpha value is -2.33. The molecule has 4 heteroatoms. The fourth-order valence-electron chi connectivity index (χ4n) is 2.54. The van der Waals surface area contributed by atoms with Crippen LogP contribution in [0.3, 0.4) is 0 Å². The topological polar surface area (TPSA) is 47.9 Å². The number of benzene rings is 2. The third-order valence-corrected chi connectivity index (χ3v) is 3.92. The molecule has 0 heterocycles. The fraction of sp³-hybridized carbons (Fsp3) is 0.350. The van der Waals surface area contributed by atoms with Gasteiger partial charge < -0.3 is 15.3 Å². The number of hydrogen-bond acceptors (Lipinski definition) is 2. The van der Waals surface area contributed by atoms with Crippen LogP contribution in [0.15, 0.2) is 53.5 Å². The van der Waals surface area contributed by atoms with Gasteiger partial charge in [0.05, 0.1) is 13.2 Å². The summed E-state index contributed by atoms with van der Waals surface area (Å²) in [6, 6.07) is 16.4. The standard InChI is InChI=1S/C20H27N3O/c1-4-21-20(22-13-18-7-5-6-8-19(18)15-24)23(3)14-17-11-9-16(2)10-12-17/h5-12,24H,4,13-15H2,1-3H3,(H,21,22). The van der Waals surface area contributed by atoms with Gasteiger partial charge in [-0.15, -0.1) is 0 Å². The number of hydrogen-bond donors (Lipinski definition) is 2. The summed E-state index contributed by atoms with van der Waals surface area (Å²) < 4.78 is 0. The number of guanidine groups is 1. The zero-order chi connectivity index (χ0) is 17.4. The highest BCUT2D eigenvalue weighted by Crippen LogP contribution is 2.11. The van der Waals surface area contributed by atoms with Crippen molar-refractivity contribution in [2.24, 2.45) is 4.99 Å². The molecule has 0 aliphatic rings. The van der Waals surface area contributed by atoms with Gasteiger partial charge in [-0.2, -0.15) is 0 Å². The summed E-state index contributed by atoms with van der Waals surface area (Å²) in [4.78, 5) is 6.85. The number of nitrogens with zero attached hydrogens (tertiary/aromatic N) is 2. The van der Waals surface area contributed by atoms with Crippen LogP contribution in [-0.2, 0) is 19.7 Å². The molecule has 24 heavy (non-hydrogen) atoms. The molecular formula is C20H27N3O. The minimum absolute atomic E-state index is 0.0431. The first-order valence-electron chi connectivity index (χ1n) is 8.36. The number of aliphatic imine (C=N–C) groups is 1. The van der Waals surface area contributed by atoms with E-state index in [0.29, 0.717) is 6.54 Å². The van der Waals surface area contributed by atoms with Crippen molar-refractivity contribution in [3.8, 4) is 0 Å². The van der Waals surface area contributed by atoms with Crippen LogP contribution in [0.5, 0.6) is 0 Å².